The number of phenolic OH excluding ortho intramolecular Hbond substituents is 2. The van der Waals surface area contributed by atoms with E-state index in [1.165, 1.54) is 12.1 Å². The third kappa shape index (κ3) is 1.24. The number of para-hydroxylation sites is 2. The monoisotopic (exact) mass is 216 g/mol. The van der Waals surface area contributed by atoms with Crippen LogP contribution in [0.15, 0.2) is 36.4 Å². The Bertz CT molecular complexity index is 513. The molecule has 0 atom stereocenters. The Balaban J connectivity index is 2.12. The van der Waals surface area contributed by atoms with Gasteiger partial charge in [0.2, 0.25) is 0 Å². The fourth-order valence-corrected chi connectivity index (χ4v) is 1.55. The first-order valence-corrected chi connectivity index (χ1v) is 4.75. The average Bonchev–Trinajstić information content (AvgIpc) is 2.28. The van der Waals surface area contributed by atoms with Gasteiger partial charge in [-0.3, -0.25) is 0 Å². The van der Waals surface area contributed by atoms with Gasteiger partial charge in [-0.05, 0) is 12.1 Å². The second-order valence-electron chi connectivity index (χ2n) is 3.44. The molecule has 1 aliphatic rings. The van der Waals surface area contributed by atoms with Crippen LogP contribution >= 0.6 is 0 Å². The van der Waals surface area contributed by atoms with E-state index in [0.29, 0.717) is 23.0 Å². The van der Waals surface area contributed by atoms with Gasteiger partial charge in [0.15, 0.2) is 34.5 Å². The van der Waals surface area contributed by atoms with Crippen LogP contribution in [0.25, 0.3) is 0 Å². The fourth-order valence-electron chi connectivity index (χ4n) is 1.55. The number of hydrogen-bond donors (Lipinski definition) is 2. The highest BCUT2D eigenvalue weighted by Gasteiger charge is 2.20. The summed E-state index contributed by atoms with van der Waals surface area (Å²) in [5.74, 6) is 1.46. The van der Waals surface area contributed by atoms with Gasteiger partial charge in [-0.1, -0.05) is 12.1 Å². The number of fused-ring (bicyclic) bond motifs is 2. The van der Waals surface area contributed by atoms with E-state index >= 15 is 0 Å². The SMILES string of the molecule is Oc1cc2c(cc1O)Oc1ccccc1O2. The molecule has 2 aromatic rings. The Hall–Kier alpha value is -2.36. The van der Waals surface area contributed by atoms with Gasteiger partial charge in [0.25, 0.3) is 0 Å². The van der Waals surface area contributed by atoms with E-state index in [9.17, 15) is 10.2 Å². The molecule has 0 saturated carbocycles. The van der Waals surface area contributed by atoms with Crippen molar-refractivity contribution >= 4 is 0 Å². The van der Waals surface area contributed by atoms with E-state index in [-0.39, 0.29) is 11.5 Å². The van der Waals surface area contributed by atoms with Crippen LogP contribution in [0.4, 0.5) is 0 Å². The summed E-state index contributed by atoms with van der Waals surface area (Å²) in [6, 6.07) is 9.83. The van der Waals surface area contributed by atoms with E-state index in [1.54, 1.807) is 12.1 Å². The fraction of sp³-hybridized carbons (Fsp3) is 0. The van der Waals surface area contributed by atoms with Crippen molar-refractivity contribution in [1.29, 1.82) is 0 Å². The largest absolute Gasteiger partial charge is 0.504 e. The van der Waals surface area contributed by atoms with Crippen molar-refractivity contribution in [1.82, 2.24) is 0 Å². The van der Waals surface area contributed by atoms with Crippen LogP contribution in [-0.4, -0.2) is 10.2 Å². The normalized spacial score (nSPS) is 12.0. The highest BCUT2D eigenvalue weighted by molar-refractivity contribution is 5.59. The lowest BCUT2D eigenvalue weighted by Crippen LogP contribution is -1.98. The standard InChI is InChI=1S/C12H8O4/c13-7-5-11-12(6-8(7)14)16-10-4-2-1-3-9(10)15-11/h1-6,13-14H. The minimum Gasteiger partial charge on any atom is -0.504 e. The maximum absolute atomic E-state index is 9.34. The van der Waals surface area contributed by atoms with Crippen LogP contribution in [0, 0.1) is 0 Å². The van der Waals surface area contributed by atoms with Crippen molar-refractivity contribution in [2.45, 2.75) is 0 Å². The summed E-state index contributed by atoms with van der Waals surface area (Å²) in [4.78, 5) is 0. The molecule has 0 fully saturated rings. The highest BCUT2D eigenvalue weighted by atomic mass is 16.6. The number of rotatable bonds is 0. The molecule has 1 aliphatic heterocycles. The first-order valence-electron chi connectivity index (χ1n) is 4.75. The summed E-state index contributed by atoms with van der Waals surface area (Å²) in [7, 11) is 0. The summed E-state index contributed by atoms with van der Waals surface area (Å²) in [5.41, 5.74) is 0. The molecule has 2 N–H and O–H groups in total. The lowest BCUT2D eigenvalue weighted by atomic mass is 10.2. The predicted molar refractivity (Wildman–Crippen MR) is 56.4 cm³/mol. The number of ether oxygens (including phenoxy) is 2. The topological polar surface area (TPSA) is 58.9 Å². The Morgan fingerprint density at radius 2 is 1.12 bits per heavy atom. The van der Waals surface area contributed by atoms with Crippen molar-refractivity contribution in [3.63, 3.8) is 0 Å². The van der Waals surface area contributed by atoms with Gasteiger partial charge in [-0.25, -0.2) is 0 Å². The summed E-state index contributed by atoms with van der Waals surface area (Å²) >= 11 is 0. The molecule has 3 rings (SSSR count). The van der Waals surface area contributed by atoms with Crippen LogP contribution in [-0.2, 0) is 0 Å². The van der Waals surface area contributed by atoms with Gasteiger partial charge in [0.1, 0.15) is 0 Å². The smallest absolute Gasteiger partial charge is 0.174 e. The van der Waals surface area contributed by atoms with Crippen molar-refractivity contribution < 1.29 is 19.7 Å². The molecule has 0 saturated heterocycles. The summed E-state index contributed by atoms with van der Waals surface area (Å²) < 4.78 is 11.0. The minimum absolute atomic E-state index is 0.235. The van der Waals surface area contributed by atoms with Crippen LogP contribution in [0.2, 0.25) is 0 Å². The number of phenols is 2. The van der Waals surface area contributed by atoms with Crippen molar-refractivity contribution in [3.8, 4) is 34.5 Å². The molecule has 0 aliphatic carbocycles. The molecule has 0 bridgehead atoms. The van der Waals surface area contributed by atoms with Gasteiger partial charge in [-0.15, -0.1) is 0 Å². The zero-order valence-electron chi connectivity index (χ0n) is 8.18. The molecule has 0 aromatic heterocycles. The van der Waals surface area contributed by atoms with E-state index in [0.717, 1.165) is 0 Å². The molecular formula is C12H8O4. The van der Waals surface area contributed by atoms with Crippen molar-refractivity contribution in [3.05, 3.63) is 36.4 Å². The van der Waals surface area contributed by atoms with E-state index < -0.39 is 0 Å². The molecule has 1 heterocycles. The summed E-state index contributed by atoms with van der Waals surface area (Å²) in [5, 5.41) is 18.7. The van der Waals surface area contributed by atoms with E-state index in [1.807, 2.05) is 12.1 Å². The number of hydrogen-bond acceptors (Lipinski definition) is 4. The maximum atomic E-state index is 9.34. The van der Waals surface area contributed by atoms with Crippen LogP contribution in [0.5, 0.6) is 34.5 Å². The van der Waals surface area contributed by atoms with Crippen LogP contribution in [0.3, 0.4) is 0 Å². The van der Waals surface area contributed by atoms with Crippen molar-refractivity contribution in [2.75, 3.05) is 0 Å². The summed E-state index contributed by atoms with van der Waals surface area (Å²) in [6.07, 6.45) is 0. The van der Waals surface area contributed by atoms with Crippen LogP contribution in [0.1, 0.15) is 0 Å². The second kappa shape index (κ2) is 3.06. The Morgan fingerprint density at radius 3 is 1.56 bits per heavy atom. The molecule has 2 aromatic carbocycles. The van der Waals surface area contributed by atoms with Gasteiger partial charge < -0.3 is 19.7 Å². The molecule has 0 amide bonds. The zero-order chi connectivity index (χ0) is 11.1. The number of aromatic hydroxyl groups is 2. The molecule has 4 nitrogen and oxygen atoms in total. The number of benzene rings is 2. The molecule has 0 spiro atoms. The Morgan fingerprint density at radius 1 is 0.688 bits per heavy atom. The molecule has 4 heteroatoms. The predicted octanol–water partition coefficient (Wildman–Crippen LogP) is 3.00. The lowest BCUT2D eigenvalue weighted by molar-refractivity contribution is 0.346. The molecule has 0 radical (unpaired) electrons. The van der Waals surface area contributed by atoms with E-state index in [4.69, 9.17) is 9.47 Å². The van der Waals surface area contributed by atoms with Crippen molar-refractivity contribution in [2.24, 2.45) is 0 Å². The first-order chi connectivity index (χ1) is 7.74. The van der Waals surface area contributed by atoms with Gasteiger partial charge in [0.05, 0.1) is 0 Å². The van der Waals surface area contributed by atoms with E-state index in [2.05, 4.69) is 0 Å². The minimum atomic E-state index is -0.235. The van der Waals surface area contributed by atoms with Gasteiger partial charge in [0, 0.05) is 12.1 Å². The molecular weight excluding hydrogens is 208 g/mol. The maximum Gasteiger partial charge on any atom is 0.174 e. The summed E-state index contributed by atoms with van der Waals surface area (Å²) in [6.45, 7) is 0. The average molecular weight is 216 g/mol. The molecule has 16 heavy (non-hydrogen) atoms. The molecule has 80 valence electrons. The lowest BCUT2D eigenvalue weighted by Gasteiger charge is -2.20. The Labute approximate surface area is 91.3 Å². The zero-order valence-corrected chi connectivity index (χ0v) is 8.18. The van der Waals surface area contributed by atoms with Crippen LogP contribution < -0.4 is 9.47 Å². The van der Waals surface area contributed by atoms with Gasteiger partial charge in [-0.2, -0.15) is 0 Å². The first kappa shape index (κ1) is 8.91. The third-order valence-corrected chi connectivity index (χ3v) is 2.33. The molecule has 0 unspecified atom stereocenters. The Kier molecular flexibility index (Phi) is 1.71. The highest BCUT2D eigenvalue weighted by Crippen LogP contribution is 2.48. The second-order valence-corrected chi connectivity index (χ2v) is 3.44. The van der Waals surface area contributed by atoms with Gasteiger partial charge >= 0.3 is 0 Å². The third-order valence-electron chi connectivity index (χ3n) is 2.33. The quantitative estimate of drug-likeness (QED) is 0.567.